The summed E-state index contributed by atoms with van der Waals surface area (Å²) < 4.78 is 31.4. The smallest absolute Gasteiger partial charge is 0.246 e. The van der Waals surface area contributed by atoms with Crippen LogP contribution in [-0.2, 0) is 21.2 Å². The van der Waals surface area contributed by atoms with Crippen molar-refractivity contribution in [1.29, 1.82) is 0 Å². The lowest BCUT2D eigenvalue weighted by molar-refractivity contribution is -0.115. The highest BCUT2D eigenvalue weighted by atomic mass is 32.2. The zero-order valence-corrected chi connectivity index (χ0v) is 18.0. The van der Waals surface area contributed by atoms with Gasteiger partial charge in [0, 0.05) is 32.0 Å². The monoisotopic (exact) mass is 417 g/mol. The lowest BCUT2D eigenvalue weighted by Crippen LogP contribution is -2.36. The van der Waals surface area contributed by atoms with Gasteiger partial charge in [-0.05, 0) is 49.6 Å². The predicted octanol–water partition coefficient (Wildman–Crippen LogP) is 2.65. The van der Waals surface area contributed by atoms with Crippen molar-refractivity contribution in [2.75, 3.05) is 44.5 Å². The lowest BCUT2D eigenvalue weighted by Gasteiger charge is -2.31. The molecule has 7 nitrogen and oxygen atoms in total. The Balaban J connectivity index is 1.79. The van der Waals surface area contributed by atoms with E-state index in [1.165, 1.54) is 38.4 Å². The van der Waals surface area contributed by atoms with Crippen molar-refractivity contribution < 1.29 is 17.9 Å². The van der Waals surface area contributed by atoms with E-state index in [2.05, 4.69) is 35.3 Å². The molecule has 0 radical (unpaired) electrons. The second-order valence-corrected chi connectivity index (χ2v) is 9.48. The van der Waals surface area contributed by atoms with E-state index in [4.69, 9.17) is 4.74 Å². The van der Waals surface area contributed by atoms with E-state index in [0.717, 1.165) is 29.4 Å². The molecular weight excluding hydrogens is 390 g/mol. The van der Waals surface area contributed by atoms with E-state index in [9.17, 15) is 13.2 Å². The maximum atomic E-state index is 12.7. The minimum Gasteiger partial charge on any atom is -0.495 e. The van der Waals surface area contributed by atoms with Gasteiger partial charge >= 0.3 is 0 Å². The Morgan fingerprint density at radius 1 is 1.21 bits per heavy atom. The Bertz CT molecular complexity index is 1020. The number of benzene rings is 2. The molecule has 1 aliphatic rings. The van der Waals surface area contributed by atoms with Crippen LogP contribution in [0.5, 0.6) is 5.75 Å². The third kappa shape index (κ3) is 4.54. The SMILES string of the molecule is COc1ccc(NC(=O)CN2CCCc3cc(C)ccc32)cc1S(=O)(=O)N(C)C. The Hall–Kier alpha value is -2.58. The first-order chi connectivity index (χ1) is 13.7. The van der Waals surface area contributed by atoms with Gasteiger partial charge in [0.1, 0.15) is 10.6 Å². The van der Waals surface area contributed by atoms with Gasteiger partial charge in [-0.2, -0.15) is 0 Å². The molecule has 0 aromatic heterocycles. The summed E-state index contributed by atoms with van der Waals surface area (Å²) in [4.78, 5) is 14.7. The van der Waals surface area contributed by atoms with Crippen molar-refractivity contribution in [1.82, 2.24) is 4.31 Å². The topological polar surface area (TPSA) is 79.0 Å². The number of ether oxygens (including phenoxy) is 1. The van der Waals surface area contributed by atoms with Gasteiger partial charge in [0.05, 0.1) is 13.7 Å². The lowest BCUT2D eigenvalue weighted by atomic mass is 9.99. The highest BCUT2D eigenvalue weighted by Crippen LogP contribution is 2.30. The number of nitrogens with zero attached hydrogens (tertiary/aromatic N) is 2. The molecule has 1 heterocycles. The third-order valence-electron chi connectivity index (χ3n) is 4.99. The molecule has 156 valence electrons. The number of anilines is 2. The molecule has 3 rings (SSSR count). The number of hydrogen-bond acceptors (Lipinski definition) is 5. The van der Waals surface area contributed by atoms with Crippen LogP contribution in [-0.4, -0.2) is 52.9 Å². The van der Waals surface area contributed by atoms with Gasteiger partial charge in [-0.3, -0.25) is 4.79 Å². The van der Waals surface area contributed by atoms with Crippen LogP contribution in [0.1, 0.15) is 17.5 Å². The Morgan fingerprint density at radius 2 is 1.97 bits per heavy atom. The highest BCUT2D eigenvalue weighted by molar-refractivity contribution is 7.89. The van der Waals surface area contributed by atoms with E-state index in [0.29, 0.717) is 5.69 Å². The number of carbonyl (C=O) groups is 1. The normalized spacial score (nSPS) is 13.9. The quantitative estimate of drug-likeness (QED) is 0.782. The zero-order valence-electron chi connectivity index (χ0n) is 17.2. The van der Waals surface area contributed by atoms with Gasteiger partial charge in [-0.25, -0.2) is 12.7 Å². The van der Waals surface area contributed by atoms with E-state index in [1.807, 2.05) is 0 Å². The summed E-state index contributed by atoms with van der Waals surface area (Å²) in [5.74, 6) is 0.0359. The van der Waals surface area contributed by atoms with Crippen LogP contribution in [0.25, 0.3) is 0 Å². The van der Waals surface area contributed by atoms with Gasteiger partial charge in [0.25, 0.3) is 0 Å². The standard InChI is InChI=1S/C21H27N3O4S/c1-15-7-9-18-16(12-15)6-5-11-24(18)14-21(25)22-17-8-10-19(28-4)20(13-17)29(26,27)23(2)3/h7-10,12-13H,5-6,11,14H2,1-4H3,(H,22,25). The molecule has 0 fully saturated rings. The van der Waals surface area contributed by atoms with Crippen molar-refractivity contribution in [3.63, 3.8) is 0 Å². The number of methoxy groups -OCH3 is 1. The average molecular weight is 418 g/mol. The van der Waals surface area contributed by atoms with Crippen molar-refractivity contribution in [3.8, 4) is 5.75 Å². The van der Waals surface area contributed by atoms with Crippen molar-refractivity contribution >= 4 is 27.3 Å². The fourth-order valence-electron chi connectivity index (χ4n) is 3.49. The Labute approximate surface area is 172 Å². The van der Waals surface area contributed by atoms with Crippen LogP contribution in [0.3, 0.4) is 0 Å². The van der Waals surface area contributed by atoms with Crippen molar-refractivity contribution in [2.45, 2.75) is 24.7 Å². The van der Waals surface area contributed by atoms with Gasteiger partial charge in [-0.15, -0.1) is 0 Å². The third-order valence-corrected chi connectivity index (χ3v) is 6.83. The first kappa shape index (κ1) is 21.1. The van der Waals surface area contributed by atoms with Crippen molar-refractivity contribution in [2.24, 2.45) is 0 Å². The molecule has 0 aliphatic carbocycles. The summed E-state index contributed by atoms with van der Waals surface area (Å²) in [6, 6.07) is 10.9. The molecule has 2 aromatic carbocycles. The first-order valence-corrected chi connectivity index (χ1v) is 10.9. The Morgan fingerprint density at radius 3 is 2.66 bits per heavy atom. The molecule has 0 atom stereocenters. The molecule has 1 N–H and O–H groups in total. The minimum atomic E-state index is -3.70. The summed E-state index contributed by atoms with van der Waals surface area (Å²) in [6.45, 7) is 3.08. The molecule has 29 heavy (non-hydrogen) atoms. The number of amides is 1. The number of carbonyl (C=O) groups excluding carboxylic acids is 1. The average Bonchev–Trinajstić information content (AvgIpc) is 2.67. The van der Waals surface area contributed by atoms with E-state index < -0.39 is 10.0 Å². The maximum absolute atomic E-state index is 12.7. The predicted molar refractivity (Wildman–Crippen MR) is 114 cm³/mol. The molecule has 8 heteroatoms. The fourth-order valence-corrected chi connectivity index (χ4v) is 4.57. The second kappa shape index (κ2) is 8.42. The van der Waals surface area contributed by atoms with Gasteiger partial charge in [0.15, 0.2) is 0 Å². The van der Waals surface area contributed by atoms with Gasteiger partial charge < -0.3 is 15.0 Å². The molecule has 0 saturated carbocycles. The first-order valence-electron chi connectivity index (χ1n) is 9.47. The molecule has 0 spiro atoms. The number of nitrogens with one attached hydrogen (secondary N) is 1. The number of hydrogen-bond donors (Lipinski definition) is 1. The second-order valence-electron chi connectivity index (χ2n) is 7.36. The molecule has 0 unspecified atom stereocenters. The molecule has 2 aromatic rings. The van der Waals surface area contributed by atoms with Crippen LogP contribution in [0.2, 0.25) is 0 Å². The minimum absolute atomic E-state index is 0.0154. The summed E-state index contributed by atoms with van der Waals surface area (Å²) in [5, 5.41) is 2.82. The number of aryl methyl sites for hydroxylation is 2. The molecule has 0 saturated heterocycles. The highest BCUT2D eigenvalue weighted by Gasteiger charge is 2.24. The van der Waals surface area contributed by atoms with Crippen LogP contribution < -0.4 is 15.0 Å². The molecule has 0 bridgehead atoms. The van der Waals surface area contributed by atoms with E-state index >= 15 is 0 Å². The number of rotatable bonds is 6. The summed E-state index contributed by atoms with van der Waals surface area (Å²) >= 11 is 0. The van der Waals surface area contributed by atoms with E-state index in [1.54, 1.807) is 12.1 Å². The van der Waals surface area contributed by atoms with E-state index in [-0.39, 0.29) is 23.1 Å². The van der Waals surface area contributed by atoms with Gasteiger partial charge in [-0.1, -0.05) is 17.7 Å². The van der Waals surface area contributed by atoms with Crippen LogP contribution in [0.4, 0.5) is 11.4 Å². The molecular formula is C21H27N3O4S. The number of fused-ring (bicyclic) bond motifs is 1. The molecule has 1 aliphatic heterocycles. The van der Waals surface area contributed by atoms with Crippen LogP contribution in [0.15, 0.2) is 41.3 Å². The van der Waals surface area contributed by atoms with Crippen LogP contribution in [0, 0.1) is 6.92 Å². The van der Waals surface area contributed by atoms with Crippen LogP contribution >= 0.6 is 0 Å². The Kier molecular flexibility index (Phi) is 6.14. The molecule has 1 amide bonds. The van der Waals surface area contributed by atoms with Crippen molar-refractivity contribution in [3.05, 3.63) is 47.5 Å². The largest absolute Gasteiger partial charge is 0.495 e. The summed E-state index contributed by atoms with van der Waals surface area (Å²) in [6.07, 6.45) is 2.01. The summed E-state index contributed by atoms with van der Waals surface area (Å²) in [5.41, 5.74) is 3.97. The maximum Gasteiger partial charge on any atom is 0.246 e. The number of sulfonamides is 1. The summed E-state index contributed by atoms with van der Waals surface area (Å²) in [7, 11) is 0.620. The fraction of sp³-hybridized carbons (Fsp3) is 0.381. The zero-order chi connectivity index (χ0) is 21.2. The van der Waals surface area contributed by atoms with Gasteiger partial charge in [0.2, 0.25) is 15.9 Å².